The van der Waals surface area contributed by atoms with Gasteiger partial charge in [-0.05, 0) is 24.7 Å². The first-order chi connectivity index (χ1) is 8.56. The van der Waals surface area contributed by atoms with E-state index < -0.39 is 17.7 Å². The number of hydrogen-bond donors (Lipinski definition) is 1. The van der Waals surface area contributed by atoms with E-state index in [9.17, 15) is 13.9 Å². The molecule has 3 nitrogen and oxygen atoms in total. The average Bonchev–Trinajstić information content (AvgIpc) is 2.34. The van der Waals surface area contributed by atoms with E-state index in [0.29, 0.717) is 18.7 Å². The maximum atomic E-state index is 13.0. The number of hydrogen-bond acceptors (Lipinski definition) is 3. The molecule has 2 atom stereocenters. The Hall–Kier alpha value is -1.04. The zero-order valence-corrected chi connectivity index (χ0v) is 10.3. The molecule has 1 saturated heterocycles. The molecule has 0 aliphatic carbocycles. The molecule has 0 radical (unpaired) electrons. The average molecular weight is 257 g/mol. The number of likely N-dealkylation sites (N-methyl/N-ethyl adjacent to an activating group) is 1. The number of rotatable bonds is 3. The second kappa shape index (κ2) is 5.73. The summed E-state index contributed by atoms with van der Waals surface area (Å²) in [6.07, 6.45) is -0.732. The van der Waals surface area contributed by atoms with Crippen molar-refractivity contribution in [1.82, 2.24) is 4.90 Å². The lowest BCUT2D eigenvalue weighted by atomic mass is 10.0. The third-order valence-corrected chi connectivity index (χ3v) is 3.15. The van der Waals surface area contributed by atoms with E-state index in [0.717, 1.165) is 18.7 Å². The standard InChI is InChI=1S/C13H17F2NO2/c1-16-4-5-18-13(8-16)12(17)7-9-2-3-10(14)11(15)6-9/h2-3,6,12-13,17H,4-5,7-8H2,1H3. The second-order valence-electron chi connectivity index (χ2n) is 4.69. The molecule has 1 aliphatic heterocycles. The van der Waals surface area contributed by atoms with Crippen molar-refractivity contribution in [3.63, 3.8) is 0 Å². The number of nitrogens with zero attached hydrogens (tertiary/aromatic N) is 1. The van der Waals surface area contributed by atoms with Gasteiger partial charge in [-0.3, -0.25) is 0 Å². The van der Waals surface area contributed by atoms with Crippen LogP contribution in [0.5, 0.6) is 0 Å². The fourth-order valence-corrected chi connectivity index (χ4v) is 2.08. The molecule has 0 spiro atoms. The molecule has 1 N–H and O–H groups in total. The van der Waals surface area contributed by atoms with Gasteiger partial charge in [0.2, 0.25) is 0 Å². The Bertz CT molecular complexity index is 414. The van der Waals surface area contributed by atoms with Crippen molar-refractivity contribution in [2.75, 3.05) is 26.7 Å². The van der Waals surface area contributed by atoms with E-state index in [1.165, 1.54) is 6.07 Å². The Morgan fingerprint density at radius 1 is 1.44 bits per heavy atom. The lowest BCUT2D eigenvalue weighted by Gasteiger charge is -2.33. The minimum atomic E-state index is -0.888. The van der Waals surface area contributed by atoms with Crippen LogP contribution in [0, 0.1) is 11.6 Å². The van der Waals surface area contributed by atoms with Crippen molar-refractivity contribution in [1.29, 1.82) is 0 Å². The van der Waals surface area contributed by atoms with Gasteiger partial charge in [0.15, 0.2) is 11.6 Å². The Morgan fingerprint density at radius 2 is 2.22 bits per heavy atom. The third kappa shape index (κ3) is 3.25. The molecular formula is C13H17F2NO2. The predicted octanol–water partition coefficient (Wildman–Crippen LogP) is 1.20. The van der Waals surface area contributed by atoms with E-state index in [-0.39, 0.29) is 12.5 Å². The molecular weight excluding hydrogens is 240 g/mol. The predicted molar refractivity (Wildman–Crippen MR) is 63.3 cm³/mol. The quantitative estimate of drug-likeness (QED) is 0.883. The highest BCUT2D eigenvalue weighted by molar-refractivity contribution is 5.18. The molecule has 1 aliphatic rings. The number of halogens is 2. The maximum Gasteiger partial charge on any atom is 0.159 e. The summed E-state index contributed by atoms with van der Waals surface area (Å²) in [7, 11) is 1.96. The summed E-state index contributed by atoms with van der Waals surface area (Å²) in [5, 5.41) is 10.0. The summed E-state index contributed by atoms with van der Waals surface area (Å²) < 4.78 is 31.3. The van der Waals surface area contributed by atoms with Crippen molar-refractivity contribution in [3.8, 4) is 0 Å². The van der Waals surface area contributed by atoms with Crippen molar-refractivity contribution in [3.05, 3.63) is 35.4 Å². The van der Waals surface area contributed by atoms with Crippen LogP contribution in [0.25, 0.3) is 0 Å². The zero-order chi connectivity index (χ0) is 13.1. The molecule has 0 amide bonds. The van der Waals surface area contributed by atoms with Gasteiger partial charge in [0.1, 0.15) is 0 Å². The largest absolute Gasteiger partial charge is 0.390 e. The van der Waals surface area contributed by atoms with Crippen molar-refractivity contribution < 1.29 is 18.6 Å². The maximum absolute atomic E-state index is 13.0. The Kier molecular flexibility index (Phi) is 4.27. The van der Waals surface area contributed by atoms with E-state index in [2.05, 4.69) is 4.90 Å². The molecule has 1 aromatic carbocycles. The van der Waals surface area contributed by atoms with Crippen LogP contribution >= 0.6 is 0 Å². The molecule has 5 heteroatoms. The van der Waals surface area contributed by atoms with Crippen LogP contribution in [0.1, 0.15) is 5.56 Å². The summed E-state index contributed by atoms with van der Waals surface area (Å²) in [6.45, 7) is 2.06. The second-order valence-corrected chi connectivity index (χ2v) is 4.69. The molecule has 1 heterocycles. The summed E-state index contributed by atoms with van der Waals surface area (Å²) in [4.78, 5) is 2.07. The van der Waals surface area contributed by atoms with Gasteiger partial charge < -0.3 is 14.7 Å². The van der Waals surface area contributed by atoms with Gasteiger partial charge in [0, 0.05) is 19.5 Å². The number of ether oxygens (including phenoxy) is 1. The molecule has 100 valence electrons. The molecule has 2 unspecified atom stereocenters. The van der Waals surface area contributed by atoms with Crippen LogP contribution in [0.2, 0.25) is 0 Å². The molecule has 18 heavy (non-hydrogen) atoms. The summed E-state index contributed by atoms with van der Waals surface area (Å²) >= 11 is 0. The van der Waals surface area contributed by atoms with Crippen molar-refractivity contribution in [2.24, 2.45) is 0 Å². The number of benzene rings is 1. The molecule has 0 bridgehead atoms. The van der Waals surface area contributed by atoms with Crippen LogP contribution in [-0.2, 0) is 11.2 Å². The fourth-order valence-electron chi connectivity index (χ4n) is 2.08. The highest BCUT2D eigenvalue weighted by Gasteiger charge is 2.25. The molecule has 2 rings (SSSR count). The fraction of sp³-hybridized carbons (Fsp3) is 0.538. The number of morpholine rings is 1. The zero-order valence-electron chi connectivity index (χ0n) is 10.3. The van der Waals surface area contributed by atoms with Crippen LogP contribution in [-0.4, -0.2) is 49.0 Å². The van der Waals surface area contributed by atoms with Crippen molar-refractivity contribution >= 4 is 0 Å². The van der Waals surface area contributed by atoms with E-state index in [1.807, 2.05) is 7.05 Å². The van der Waals surface area contributed by atoms with E-state index in [1.54, 1.807) is 0 Å². The summed E-state index contributed by atoms with van der Waals surface area (Å²) in [5.74, 6) is -1.76. The topological polar surface area (TPSA) is 32.7 Å². The van der Waals surface area contributed by atoms with Crippen molar-refractivity contribution in [2.45, 2.75) is 18.6 Å². The van der Waals surface area contributed by atoms with E-state index >= 15 is 0 Å². The van der Waals surface area contributed by atoms with Gasteiger partial charge in [0.05, 0.1) is 18.8 Å². The molecule has 1 fully saturated rings. The highest BCUT2D eigenvalue weighted by atomic mass is 19.2. The highest BCUT2D eigenvalue weighted by Crippen LogP contribution is 2.15. The Labute approximate surface area is 105 Å². The minimum absolute atomic E-state index is 0.260. The van der Waals surface area contributed by atoms with E-state index in [4.69, 9.17) is 4.74 Å². The van der Waals surface area contributed by atoms with Crippen LogP contribution in [0.3, 0.4) is 0 Å². The number of aliphatic hydroxyl groups is 1. The lowest BCUT2D eigenvalue weighted by molar-refractivity contribution is -0.0823. The SMILES string of the molecule is CN1CCOC(C(O)Cc2ccc(F)c(F)c2)C1. The first-order valence-electron chi connectivity index (χ1n) is 5.98. The Balaban J connectivity index is 1.97. The van der Waals surface area contributed by atoms with Crippen LogP contribution in [0.15, 0.2) is 18.2 Å². The lowest BCUT2D eigenvalue weighted by Crippen LogP contribution is -2.46. The number of aliphatic hydroxyl groups excluding tert-OH is 1. The third-order valence-electron chi connectivity index (χ3n) is 3.15. The van der Waals surface area contributed by atoms with Crippen LogP contribution in [0.4, 0.5) is 8.78 Å². The molecule has 0 saturated carbocycles. The van der Waals surface area contributed by atoms with Gasteiger partial charge >= 0.3 is 0 Å². The van der Waals surface area contributed by atoms with Gasteiger partial charge in [0.25, 0.3) is 0 Å². The Morgan fingerprint density at radius 3 is 2.89 bits per heavy atom. The van der Waals surface area contributed by atoms with Crippen LogP contribution < -0.4 is 0 Å². The normalized spacial score (nSPS) is 23.0. The van der Waals surface area contributed by atoms with Gasteiger partial charge in [-0.2, -0.15) is 0 Å². The van der Waals surface area contributed by atoms with Gasteiger partial charge in [-0.25, -0.2) is 8.78 Å². The molecule has 1 aromatic rings. The first kappa shape index (κ1) is 13.4. The summed E-state index contributed by atoms with van der Waals surface area (Å²) in [5.41, 5.74) is 0.568. The monoisotopic (exact) mass is 257 g/mol. The smallest absolute Gasteiger partial charge is 0.159 e. The van der Waals surface area contributed by atoms with Gasteiger partial charge in [-0.1, -0.05) is 6.07 Å². The van der Waals surface area contributed by atoms with Gasteiger partial charge in [-0.15, -0.1) is 0 Å². The minimum Gasteiger partial charge on any atom is -0.390 e. The molecule has 0 aromatic heterocycles. The first-order valence-corrected chi connectivity index (χ1v) is 5.98. The summed E-state index contributed by atoms with van der Waals surface area (Å²) in [6, 6.07) is 3.67.